The highest BCUT2D eigenvalue weighted by Gasteiger charge is 2.27. The molecular weight excluding hydrogens is 176 g/mol. The van der Waals surface area contributed by atoms with E-state index in [1.54, 1.807) is 0 Å². The van der Waals surface area contributed by atoms with Gasteiger partial charge in [-0.05, 0) is 19.1 Å². The quantitative estimate of drug-likeness (QED) is 0.759. The molecule has 3 heteroatoms. The molecule has 0 amide bonds. The van der Waals surface area contributed by atoms with Crippen molar-refractivity contribution in [3.63, 3.8) is 0 Å². The van der Waals surface area contributed by atoms with Gasteiger partial charge in [-0.1, -0.05) is 6.07 Å². The van der Waals surface area contributed by atoms with E-state index < -0.39 is 0 Å². The van der Waals surface area contributed by atoms with Crippen molar-refractivity contribution in [1.82, 2.24) is 10.3 Å². The predicted molar refractivity (Wildman–Crippen MR) is 55.2 cm³/mol. The van der Waals surface area contributed by atoms with Crippen LogP contribution in [0.2, 0.25) is 0 Å². The Morgan fingerprint density at radius 1 is 1.57 bits per heavy atom. The van der Waals surface area contributed by atoms with Gasteiger partial charge in [-0.3, -0.25) is 4.98 Å². The third-order valence-corrected chi connectivity index (χ3v) is 2.52. The van der Waals surface area contributed by atoms with Crippen LogP contribution in [-0.4, -0.2) is 30.3 Å². The molecule has 1 aliphatic rings. The van der Waals surface area contributed by atoms with Gasteiger partial charge in [0.2, 0.25) is 0 Å². The number of nitrogens with one attached hydrogen (secondary N) is 1. The van der Waals surface area contributed by atoms with Crippen LogP contribution in [0.3, 0.4) is 0 Å². The Labute approximate surface area is 84.5 Å². The van der Waals surface area contributed by atoms with Crippen LogP contribution in [-0.2, 0) is 11.2 Å². The van der Waals surface area contributed by atoms with Crippen LogP contribution in [0, 0.1) is 0 Å². The van der Waals surface area contributed by atoms with E-state index in [4.69, 9.17) is 4.74 Å². The van der Waals surface area contributed by atoms with Gasteiger partial charge in [0.1, 0.15) is 0 Å². The van der Waals surface area contributed by atoms with Gasteiger partial charge in [0.15, 0.2) is 0 Å². The number of morpholine rings is 1. The first-order chi connectivity index (χ1) is 6.79. The van der Waals surface area contributed by atoms with Crippen LogP contribution in [0.5, 0.6) is 0 Å². The van der Waals surface area contributed by atoms with Gasteiger partial charge < -0.3 is 10.1 Å². The molecule has 1 aliphatic heterocycles. The summed E-state index contributed by atoms with van der Waals surface area (Å²) in [6.45, 7) is 4.70. The Morgan fingerprint density at radius 3 is 3.14 bits per heavy atom. The summed E-state index contributed by atoms with van der Waals surface area (Å²) < 4.78 is 5.47. The fourth-order valence-electron chi connectivity index (χ4n) is 1.79. The molecule has 1 aromatic rings. The molecule has 1 atom stereocenters. The zero-order chi connectivity index (χ0) is 9.86. The highest BCUT2D eigenvalue weighted by atomic mass is 16.5. The molecule has 1 fully saturated rings. The standard InChI is InChI=1S/C11H16N2O/c1-11(9-14-7-6-13-11)8-10-4-2-3-5-12-10/h2-5,13H,6-9H2,1H3. The number of hydrogen-bond acceptors (Lipinski definition) is 3. The zero-order valence-corrected chi connectivity index (χ0v) is 8.49. The summed E-state index contributed by atoms with van der Waals surface area (Å²) in [4.78, 5) is 4.32. The topological polar surface area (TPSA) is 34.1 Å². The molecule has 1 unspecified atom stereocenters. The minimum atomic E-state index is 0.0482. The summed E-state index contributed by atoms with van der Waals surface area (Å²) in [5, 5.41) is 3.48. The monoisotopic (exact) mass is 192 g/mol. The lowest BCUT2D eigenvalue weighted by atomic mass is 9.95. The van der Waals surface area contributed by atoms with E-state index in [0.29, 0.717) is 0 Å². The van der Waals surface area contributed by atoms with Crippen LogP contribution in [0.1, 0.15) is 12.6 Å². The maximum atomic E-state index is 5.47. The van der Waals surface area contributed by atoms with Crippen LogP contribution < -0.4 is 5.32 Å². The van der Waals surface area contributed by atoms with Gasteiger partial charge >= 0.3 is 0 Å². The fourth-order valence-corrected chi connectivity index (χ4v) is 1.79. The van der Waals surface area contributed by atoms with E-state index in [-0.39, 0.29) is 5.54 Å². The highest BCUT2D eigenvalue weighted by Crippen LogP contribution is 2.14. The lowest BCUT2D eigenvalue weighted by Crippen LogP contribution is -2.53. The van der Waals surface area contributed by atoms with E-state index in [2.05, 4.69) is 23.3 Å². The zero-order valence-electron chi connectivity index (χ0n) is 8.49. The van der Waals surface area contributed by atoms with Gasteiger partial charge in [0.25, 0.3) is 0 Å². The largest absolute Gasteiger partial charge is 0.378 e. The first-order valence-corrected chi connectivity index (χ1v) is 5.01. The van der Waals surface area contributed by atoms with Crippen LogP contribution in [0.15, 0.2) is 24.4 Å². The Morgan fingerprint density at radius 2 is 2.50 bits per heavy atom. The van der Waals surface area contributed by atoms with Gasteiger partial charge in [0.05, 0.1) is 13.2 Å². The molecule has 2 heterocycles. The van der Waals surface area contributed by atoms with Crippen molar-refractivity contribution < 1.29 is 4.74 Å². The number of nitrogens with zero attached hydrogens (tertiary/aromatic N) is 1. The Bertz CT molecular complexity index is 281. The number of ether oxygens (including phenoxy) is 1. The van der Waals surface area contributed by atoms with Crippen LogP contribution >= 0.6 is 0 Å². The summed E-state index contributed by atoms with van der Waals surface area (Å²) in [6.07, 6.45) is 2.76. The maximum Gasteiger partial charge on any atom is 0.0650 e. The minimum absolute atomic E-state index is 0.0482. The number of aromatic nitrogens is 1. The average molecular weight is 192 g/mol. The third-order valence-electron chi connectivity index (χ3n) is 2.52. The second kappa shape index (κ2) is 4.07. The molecule has 0 aliphatic carbocycles. The second-order valence-corrected chi connectivity index (χ2v) is 4.04. The van der Waals surface area contributed by atoms with Gasteiger partial charge in [-0.25, -0.2) is 0 Å². The molecule has 1 aromatic heterocycles. The fraction of sp³-hybridized carbons (Fsp3) is 0.545. The second-order valence-electron chi connectivity index (χ2n) is 4.04. The Hall–Kier alpha value is -0.930. The first kappa shape index (κ1) is 9.62. The molecular formula is C11H16N2O. The van der Waals surface area contributed by atoms with Crippen molar-refractivity contribution in [3.05, 3.63) is 30.1 Å². The van der Waals surface area contributed by atoms with E-state index in [0.717, 1.165) is 31.9 Å². The normalized spacial score (nSPS) is 27.5. The van der Waals surface area contributed by atoms with E-state index in [9.17, 15) is 0 Å². The van der Waals surface area contributed by atoms with Crippen molar-refractivity contribution in [3.8, 4) is 0 Å². The molecule has 1 saturated heterocycles. The van der Waals surface area contributed by atoms with Gasteiger partial charge in [-0.2, -0.15) is 0 Å². The SMILES string of the molecule is CC1(Cc2ccccn2)COCCN1. The summed E-state index contributed by atoms with van der Waals surface area (Å²) >= 11 is 0. The van der Waals surface area contributed by atoms with E-state index in [1.807, 2.05) is 18.3 Å². The highest BCUT2D eigenvalue weighted by molar-refractivity contribution is 5.08. The van der Waals surface area contributed by atoms with Crippen molar-refractivity contribution in [1.29, 1.82) is 0 Å². The predicted octanol–water partition coefficient (Wildman–Crippen LogP) is 1.00. The Kier molecular flexibility index (Phi) is 2.79. The summed E-state index contributed by atoms with van der Waals surface area (Å²) in [7, 11) is 0. The molecule has 3 nitrogen and oxygen atoms in total. The molecule has 0 radical (unpaired) electrons. The summed E-state index contributed by atoms with van der Waals surface area (Å²) in [5.41, 5.74) is 1.17. The molecule has 0 saturated carbocycles. The van der Waals surface area contributed by atoms with Crippen molar-refractivity contribution in [2.24, 2.45) is 0 Å². The minimum Gasteiger partial charge on any atom is -0.378 e. The van der Waals surface area contributed by atoms with Crippen molar-refractivity contribution >= 4 is 0 Å². The third kappa shape index (κ3) is 2.30. The first-order valence-electron chi connectivity index (χ1n) is 5.01. The smallest absolute Gasteiger partial charge is 0.0650 e. The van der Waals surface area contributed by atoms with Gasteiger partial charge in [-0.15, -0.1) is 0 Å². The molecule has 0 aromatic carbocycles. The number of rotatable bonds is 2. The molecule has 0 spiro atoms. The summed E-state index contributed by atoms with van der Waals surface area (Å²) in [6, 6.07) is 6.02. The molecule has 76 valence electrons. The van der Waals surface area contributed by atoms with E-state index in [1.165, 1.54) is 0 Å². The van der Waals surface area contributed by atoms with Crippen LogP contribution in [0.25, 0.3) is 0 Å². The van der Waals surface area contributed by atoms with Crippen LogP contribution in [0.4, 0.5) is 0 Å². The van der Waals surface area contributed by atoms with Crippen molar-refractivity contribution in [2.75, 3.05) is 19.8 Å². The number of pyridine rings is 1. The molecule has 0 bridgehead atoms. The number of hydrogen-bond donors (Lipinski definition) is 1. The molecule has 1 N–H and O–H groups in total. The van der Waals surface area contributed by atoms with Gasteiger partial charge in [0, 0.05) is 30.4 Å². The maximum absolute atomic E-state index is 5.47. The summed E-state index contributed by atoms with van der Waals surface area (Å²) in [5.74, 6) is 0. The average Bonchev–Trinajstić information content (AvgIpc) is 2.19. The molecule has 14 heavy (non-hydrogen) atoms. The van der Waals surface area contributed by atoms with Crippen molar-refractivity contribution in [2.45, 2.75) is 18.9 Å². The molecule has 2 rings (SSSR count). The van der Waals surface area contributed by atoms with E-state index >= 15 is 0 Å². The Balaban J connectivity index is 2.02. The lowest BCUT2D eigenvalue weighted by Gasteiger charge is -2.34. The lowest BCUT2D eigenvalue weighted by molar-refractivity contribution is 0.0352.